The zero-order valence-electron chi connectivity index (χ0n) is 14.4. The lowest BCUT2D eigenvalue weighted by molar-refractivity contribution is -0.114. The standard InChI is InChI=1S/C19H16FN5O2/c1-13(26)23-15-5-2-14(3-6-15)4-9-19(27)24-16-7-8-18(17(20)10-16)25-12-21-11-22-25/h2-12H,1H3,(H,23,26)(H,24,27)/b9-4+. The van der Waals surface area contributed by atoms with Gasteiger partial charge in [0.1, 0.15) is 18.3 Å². The van der Waals surface area contributed by atoms with Crippen molar-refractivity contribution >= 4 is 29.3 Å². The molecule has 0 saturated heterocycles. The highest BCUT2D eigenvalue weighted by Crippen LogP contribution is 2.17. The van der Waals surface area contributed by atoms with E-state index in [-0.39, 0.29) is 11.6 Å². The van der Waals surface area contributed by atoms with Crippen LogP contribution in [0.5, 0.6) is 0 Å². The van der Waals surface area contributed by atoms with Crippen LogP contribution in [0.3, 0.4) is 0 Å². The molecule has 0 bridgehead atoms. The van der Waals surface area contributed by atoms with Gasteiger partial charge >= 0.3 is 0 Å². The molecule has 3 rings (SSSR count). The van der Waals surface area contributed by atoms with Crippen LogP contribution in [0, 0.1) is 5.82 Å². The lowest BCUT2D eigenvalue weighted by atomic mass is 10.2. The number of nitrogens with one attached hydrogen (secondary N) is 2. The lowest BCUT2D eigenvalue weighted by Gasteiger charge is -2.06. The molecule has 27 heavy (non-hydrogen) atoms. The number of carbonyl (C=O) groups is 2. The van der Waals surface area contributed by atoms with E-state index in [9.17, 15) is 14.0 Å². The predicted octanol–water partition coefficient (Wildman–Crippen LogP) is 3.02. The maximum absolute atomic E-state index is 14.2. The summed E-state index contributed by atoms with van der Waals surface area (Å²) in [5, 5.41) is 9.12. The van der Waals surface area contributed by atoms with E-state index in [1.165, 1.54) is 42.5 Å². The third-order valence-corrected chi connectivity index (χ3v) is 3.54. The van der Waals surface area contributed by atoms with Crippen molar-refractivity contribution in [2.75, 3.05) is 10.6 Å². The summed E-state index contributed by atoms with van der Waals surface area (Å²) in [6.45, 7) is 1.43. The summed E-state index contributed by atoms with van der Waals surface area (Å²) in [4.78, 5) is 26.8. The lowest BCUT2D eigenvalue weighted by Crippen LogP contribution is -2.08. The molecular weight excluding hydrogens is 349 g/mol. The van der Waals surface area contributed by atoms with Crippen molar-refractivity contribution in [2.45, 2.75) is 6.92 Å². The van der Waals surface area contributed by atoms with Gasteiger partial charge in [-0.3, -0.25) is 9.59 Å². The number of hydrogen-bond acceptors (Lipinski definition) is 4. The Hall–Kier alpha value is -3.81. The van der Waals surface area contributed by atoms with Crippen LogP contribution in [-0.4, -0.2) is 26.6 Å². The number of carbonyl (C=O) groups excluding carboxylic acids is 2. The Balaban J connectivity index is 1.62. The molecular formula is C19H16FN5O2. The fourth-order valence-corrected chi connectivity index (χ4v) is 2.34. The van der Waals surface area contributed by atoms with Crippen LogP contribution in [0.2, 0.25) is 0 Å². The molecule has 3 aromatic rings. The van der Waals surface area contributed by atoms with E-state index in [1.54, 1.807) is 36.4 Å². The number of hydrogen-bond donors (Lipinski definition) is 2. The van der Waals surface area contributed by atoms with E-state index in [4.69, 9.17) is 0 Å². The third-order valence-electron chi connectivity index (χ3n) is 3.54. The molecule has 0 spiro atoms. The number of rotatable bonds is 5. The van der Waals surface area contributed by atoms with Gasteiger partial charge in [0.15, 0.2) is 5.82 Å². The van der Waals surface area contributed by atoms with Gasteiger partial charge in [-0.2, -0.15) is 5.10 Å². The Labute approximate surface area is 154 Å². The molecule has 7 nitrogen and oxygen atoms in total. The summed E-state index contributed by atoms with van der Waals surface area (Å²) >= 11 is 0. The molecule has 136 valence electrons. The van der Waals surface area contributed by atoms with E-state index in [2.05, 4.69) is 20.7 Å². The molecule has 0 unspecified atom stereocenters. The molecule has 0 aliphatic carbocycles. The highest BCUT2D eigenvalue weighted by molar-refractivity contribution is 6.02. The van der Waals surface area contributed by atoms with Gasteiger partial charge in [-0.1, -0.05) is 12.1 Å². The summed E-state index contributed by atoms with van der Waals surface area (Å²) in [6, 6.07) is 11.3. The second-order valence-electron chi connectivity index (χ2n) is 5.63. The monoisotopic (exact) mass is 365 g/mol. The van der Waals surface area contributed by atoms with Crippen molar-refractivity contribution in [2.24, 2.45) is 0 Å². The Morgan fingerprint density at radius 3 is 2.44 bits per heavy atom. The first-order chi connectivity index (χ1) is 13.0. The third kappa shape index (κ3) is 4.85. The van der Waals surface area contributed by atoms with Crippen LogP contribution in [0.15, 0.2) is 61.2 Å². The topological polar surface area (TPSA) is 88.9 Å². The quantitative estimate of drug-likeness (QED) is 0.680. The Bertz CT molecular complexity index is 982. The molecule has 0 aliphatic rings. The molecule has 1 aromatic heterocycles. The van der Waals surface area contributed by atoms with E-state index >= 15 is 0 Å². The highest BCUT2D eigenvalue weighted by atomic mass is 19.1. The molecule has 0 fully saturated rings. The first-order valence-electron chi connectivity index (χ1n) is 8.02. The maximum Gasteiger partial charge on any atom is 0.248 e. The van der Waals surface area contributed by atoms with E-state index < -0.39 is 11.7 Å². The SMILES string of the molecule is CC(=O)Nc1ccc(/C=C/C(=O)Nc2ccc(-n3cncn3)c(F)c2)cc1. The van der Waals surface area contributed by atoms with Gasteiger partial charge in [-0.15, -0.1) is 0 Å². The van der Waals surface area contributed by atoms with Gasteiger partial charge in [0, 0.05) is 24.4 Å². The number of nitrogens with zero attached hydrogens (tertiary/aromatic N) is 3. The molecule has 8 heteroatoms. The summed E-state index contributed by atoms with van der Waals surface area (Å²) in [5.41, 5.74) is 2.02. The summed E-state index contributed by atoms with van der Waals surface area (Å²) in [7, 11) is 0. The number of benzene rings is 2. The van der Waals surface area contributed by atoms with Crippen molar-refractivity contribution < 1.29 is 14.0 Å². The zero-order valence-corrected chi connectivity index (χ0v) is 14.4. The molecule has 2 aromatic carbocycles. The number of anilines is 2. The van der Waals surface area contributed by atoms with E-state index in [0.29, 0.717) is 11.4 Å². The largest absolute Gasteiger partial charge is 0.326 e. The summed E-state index contributed by atoms with van der Waals surface area (Å²) in [5.74, 6) is -1.08. The predicted molar refractivity (Wildman–Crippen MR) is 99.7 cm³/mol. The Morgan fingerprint density at radius 1 is 1.07 bits per heavy atom. The Kier molecular flexibility index (Phi) is 5.36. The van der Waals surface area contributed by atoms with Gasteiger partial charge in [0.2, 0.25) is 11.8 Å². The average Bonchev–Trinajstić information content (AvgIpc) is 3.15. The fraction of sp³-hybridized carbons (Fsp3) is 0.0526. The van der Waals surface area contributed by atoms with Gasteiger partial charge in [-0.05, 0) is 42.0 Å². The second-order valence-corrected chi connectivity index (χ2v) is 5.63. The molecule has 2 N–H and O–H groups in total. The van der Waals surface area contributed by atoms with Crippen LogP contribution in [0.1, 0.15) is 12.5 Å². The molecule has 1 heterocycles. The molecule has 2 amide bonds. The van der Waals surface area contributed by atoms with Crippen LogP contribution >= 0.6 is 0 Å². The van der Waals surface area contributed by atoms with Crippen molar-refractivity contribution in [3.8, 4) is 5.69 Å². The minimum absolute atomic E-state index is 0.153. The van der Waals surface area contributed by atoms with Gasteiger partial charge in [0.25, 0.3) is 0 Å². The minimum atomic E-state index is -0.532. The van der Waals surface area contributed by atoms with Gasteiger partial charge in [-0.25, -0.2) is 14.1 Å². The zero-order chi connectivity index (χ0) is 19.2. The average molecular weight is 365 g/mol. The molecule has 0 saturated carbocycles. The highest BCUT2D eigenvalue weighted by Gasteiger charge is 2.07. The van der Waals surface area contributed by atoms with Crippen molar-refractivity contribution in [1.29, 1.82) is 0 Å². The number of amides is 2. The number of halogens is 1. The van der Waals surface area contributed by atoms with Crippen LogP contribution in [0.25, 0.3) is 11.8 Å². The normalized spacial score (nSPS) is 10.7. The van der Waals surface area contributed by atoms with Gasteiger partial charge < -0.3 is 10.6 Å². The van der Waals surface area contributed by atoms with E-state index in [0.717, 1.165) is 5.56 Å². The van der Waals surface area contributed by atoms with Crippen LogP contribution in [0.4, 0.5) is 15.8 Å². The fourth-order valence-electron chi connectivity index (χ4n) is 2.34. The number of aromatic nitrogens is 3. The van der Waals surface area contributed by atoms with Crippen molar-refractivity contribution in [1.82, 2.24) is 14.8 Å². The molecule has 0 atom stereocenters. The molecule has 0 aliphatic heterocycles. The minimum Gasteiger partial charge on any atom is -0.326 e. The summed E-state index contributed by atoms with van der Waals surface area (Å²) in [6.07, 6.45) is 5.66. The van der Waals surface area contributed by atoms with E-state index in [1.807, 2.05) is 0 Å². The van der Waals surface area contributed by atoms with Crippen LogP contribution in [-0.2, 0) is 9.59 Å². The van der Waals surface area contributed by atoms with Crippen molar-refractivity contribution in [3.63, 3.8) is 0 Å². The first kappa shape index (κ1) is 18.0. The first-order valence-corrected chi connectivity index (χ1v) is 8.02. The Morgan fingerprint density at radius 2 is 1.81 bits per heavy atom. The molecule has 0 radical (unpaired) electrons. The summed E-state index contributed by atoms with van der Waals surface area (Å²) < 4.78 is 15.5. The maximum atomic E-state index is 14.2. The van der Waals surface area contributed by atoms with Crippen molar-refractivity contribution in [3.05, 3.63) is 72.6 Å². The van der Waals surface area contributed by atoms with Gasteiger partial charge in [0.05, 0.1) is 0 Å². The smallest absolute Gasteiger partial charge is 0.248 e. The van der Waals surface area contributed by atoms with Crippen LogP contribution < -0.4 is 10.6 Å². The second kappa shape index (κ2) is 8.05.